The number of amides is 1. The first kappa shape index (κ1) is 17.8. The van der Waals surface area contributed by atoms with Gasteiger partial charge in [0.25, 0.3) is 5.91 Å². The van der Waals surface area contributed by atoms with Crippen LogP contribution in [0.1, 0.15) is 42.2 Å². The summed E-state index contributed by atoms with van der Waals surface area (Å²) >= 11 is 0. The van der Waals surface area contributed by atoms with Crippen molar-refractivity contribution in [1.29, 1.82) is 0 Å². The van der Waals surface area contributed by atoms with Gasteiger partial charge in [-0.3, -0.25) is 4.79 Å². The van der Waals surface area contributed by atoms with Gasteiger partial charge in [-0.2, -0.15) is 0 Å². The number of aromatic nitrogens is 2. The highest BCUT2D eigenvalue weighted by Crippen LogP contribution is 2.05. The van der Waals surface area contributed by atoms with Gasteiger partial charge in [-0.05, 0) is 36.6 Å². The molecule has 0 atom stereocenters. The largest absolute Gasteiger partial charge is 0.354 e. The number of rotatable bonds is 9. The van der Waals surface area contributed by atoms with Crippen LogP contribution in [0, 0.1) is 5.82 Å². The van der Waals surface area contributed by atoms with E-state index in [4.69, 9.17) is 0 Å². The first-order chi connectivity index (χ1) is 11.7. The van der Waals surface area contributed by atoms with Crippen LogP contribution < -0.4 is 10.6 Å². The number of hydrogen-bond donors (Lipinski definition) is 2. The summed E-state index contributed by atoms with van der Waals surface area (Å²) in [5.41, 5.74) is 1.37. The van der Waals surface area contributed by atoms with Crippen LogP contribution in [-0.2, 0) is 6.42 Å². The number of carbonyl (C=O) groups is 1. The standard InChI is InChI=1S/C18H23FN4O/c1-2-3-4-11-20-17(24)16-10-13-22-18(23-16)21-12-9-14-5-7-15(19)8-6-14/h5-8,10,13H,2-4,9,11-12H2,1H3,(H,20,24)(H,21,22,23). The molecule has 5 nitrogen and oxygen atoms in total. The minimum Gasteiger partial charge on any atom is -0.354 e. The zero-order valence-electron chi connectivity index (χ0n) is 13.9. The van der Waals surface area contributed by atoms with Gasteiger partial charge in [-0.25, -0.2) is 14.4 Å². The Balaban J connectivity index is 1.81. The van der Waals surface area contributed by atoms with E-state index in [1.807, 2.05) is 0 Å². The highest BCUT2D eigenvalue weighted by molar-refractivity contribution is 5.92. The van der Waals surface area contributed by atoms with Crippen molar-refractivity contribution in [3.05, 3.63) is 53.6 Å². The van der Waals surface area contributed by atoms with E-state index in [2.05, 4.69) is 27.5 Å². The van der Waals surface area contributed by atoms with Gasteiger partial charge in [0, 0.05) is 19.3 Å². The summed E-state index contributed by atoms with van der Waals surface area (Å²) < 4.78 is 12.9. The molecule has 0 saturated carbocycles. The second-order valence-corrected chi connectivity index (χ2v) is 5.53. The maximum absolute atomic E-state index is 12.9. The number of anilines is 1. The Kier molecular flexibility index (Phi) is 7.14. The Hall–Kier alpha value is -2.50. The predicted octanol–water partition coefficient (Wildman–Crippen LogP) is 3.19. The Morgan fingerprint density at radius 2 is 1.92 bits per heavy atom. The minimum atomic E-state index is -0.243. The van der Waals surface area contributed by atoms with E-state index in [1.165, 1.54) is 12.1 Å². The summed E-state index contributed by atoms with van der Waals surface area (Å²) in [6, 6.07) is 7.97. The topological polar surface area (TPSA) is 66.9 Å². The Labute approximate surface area is 141 Å². The van der Waals surface area contributed by atoms with Crippen LogP contribution in [0.15, 0.2) is 36.5 Å². The lowest BCUT2D eigenvalue weighted by atomic mass is 10.1. The number of unbranched alkanes of at least 4 members (excludes halogenated alkanes) is 2. The molecule has 1 heterocycles. The molecule has 1 aromatic heterocycles. The van der Waals surface area contributed by atoms with Crippen LogP contribution in [-0.4, -0.2) is 29.0 Å². The zero-order valence-corrected chi connectivity index (χ0v) is 13.9. The molecule has 128 valence electrons. The van der Waals surface area contributed by atoms with E-state index in [0.29, 0.717) is 24.7 Å². The monoisotopic (exact) mass is 330 g/mol. The lowest BCUT2D eigenvalue weighted by Crippen LogP contribution is -2.25. The molecule has 0 spiro atoms. The fraction of sp³-hybridized carbons (Fsp3) is 0.389. The van der Waals surface area contributed by atoms with Crippen molar-refractivity contribution >= 4 is 11.9 Å². The first-order valence-corrected chi connectivity index (χ1v) is 8.28. The van der Waals surface area contributed by atoms with Crippen molar-refractivity contribution in [2.75, 3.05) is 18.4 Å². The smallest absolute Gasteiger partial charge is 0.270 e. The molecular weight excluding hydrogens is 307 g/mol. The fourth-order valence-corrected chi connectivity index (χ4v) is 2.21. The summed E-state index contributed by atoms with van der Waals surface area (Å²) in [6.45, 7) is 3.38. The SMILES string of the molecule is CCCCCNC(=O)c1ccnc(NCCc2ccc(F)cc2)n1. The number of hydrogen-bond acceptors (Lipinski definition) is 4. The first-order valence-electron chi connectivity index (χ1n) is 8.28. The third-order valence-corrected chi connectivity index (χ3v) is 3.56. The van der Waals surface area contributed by atoms with Crippen LogP contribution >= 0.6 is 0 Å². The molecule has 2 N–H and O–H groups in total. The summed E-state index contributed by atoms with van der Waals surface area (Å²) in [7, 11) is 0. The van der Waals surface area contributed by atoms with Gasteiger partial charge in [0.2, 0.25) is 5.95 Å². The average Bonchev–Trinajstić information content (AvgIpc) is 2.60. The second kappa shape index (κ2) is 9.60. The molecule has 24 heavy (non-hydrogen) atoms. The Bertz CT molecular complexity index is 646. The lowest BCUT2D eigenvalue weighted by molar-refractivity contribution is 0.0948. The predicted molar refractivity (Wildman–Crippen MR) is 92.5 cm³/mol. The van der Waals surface area contributed by atoms with Crippen LogP contribution in [0.5, 0.6) is 0 Å². The molecule has 0 fully saturated rings. The van der Waals surface area contributed by atoms with Gasteiger partial charge in [0.15, 0.2) is 0 Å². The van der Waals surface area contributed by atoms with Crippen LogP contribution in [0.3, 0.4) is 0 Å². The van der Waals surface area contributed by atoms with Gasteiger partial charge in [-0.1, -0.05) is 31.9 Å². The van der Waals surface area contributed by atoms with E-state index in [0.717, 1.165) is 31.2 Å². The van der Waals surface area contributed by atoms with Crippen LogP contribution in [0.2, 0.25) is 0 Å². The zero-order chi connectivity index (χ0) is 17.2. The molecule has 2 aromatic rings. The Morgan fingerprint density at radius 1 is 1.12 bits per heavy atom. The van der Waals surface area contributed by atoms with Gasteiger partial charge in [0.1, 0.15) is 11.5 Å². The molecule has 0 bridgehead atoms. The molecule has 0 aliphatic heterocycles. The molecule has 6 heteroatoms. The summed E-state index contributed by atoms with van der Waals surface area (Å²) in [5, 5.41) is 5.94. The van der Waals surface area contributed by atoms with Gasteiger partial charge in [0.05, 0.1) is 0 Å². The summed E-state index contributed by atoms with van der Waals surface area (Å²) in [5.74, 6) is -0.0129. The van der Waals surface area contributed by atoms with Crippen molar-refractivity contribution in [3.63, 3.8) is 0 Å². The highest BCUT2D eigenvalue weighted by atomic mass is 19.1. The molecule has 0 radical (unpaired) electrons. The Morgan fingerprint density at radius 3 is 2.67 bits per heavy atom. The van der Waals surface area contributed by atoms with E-state index in [-0.39, 0.29) is 11.7 Å². The molecule has 1 amide bonds. The number of nitrogens with zero attached hydrogens (tertiary/aromatic N) is 2. The quantitative estimate of drug-likeness (QED) is 0.693. The van der Waals surface area contributed by atoms with Crippen LogP contribution in [0.25, 0.3) is 0 Å². The van der Waals surface area contributed by atoms with Gasteiger partial charge >= 0.3 is 0 Å². The van der Waals surface area contributed by atoms with Crippen LogP contribution in [0.4, 0.5) is 10.3 Å². The third-order valence-electron chi connectivity index (χ3n) is 3.56. The maximum Gasteiger partial charge on any atom is 0.270 e. The number of nitrogens with one attached hydrogen (secondary N) is 2. The minimum absolute atomic E-state index is 0.185. The van der Waals surface area contributed by atoms with E-state index in [9.17, 15) is 9.18 Å². The lowest BCUT2D eigenvalue weighted by Gasteiger charge is -2.07. The van der Waals surface area contributed by atoms with E-state index >= 15 is 0 Å². The number of halogens is 1. The maximum atomic E-state index is 12.9. The van der Waals surface area contributed by atoms with Crippen molar-refractivity contribution < 1.29 is 9.18 Å². The van der Waals surface area contributed by atoms with Gasteiger partial charge < -0.3 is 10.6 Å². The third kappa shape index (κ3) is 5.95. The molecule has 1 aromatic carbocycles. The molecular formula is C18H23FN4O. The normalized spacial score (nSPS) is 10.4. The highest BCUT2D eigenvalue weighted by Gasteiger charge is 2.08. The molecule has 0 saturated heterocycles. The van der Waals surface area contributed by atoms with Crippen molar-refractivity contribution in [2.24, 2.45) is 0 Å². The molecule has 0 aliphatic carbocycles. The van der Waals surface area contributed by atoms with Crippen molar-refractivity contribution in [2.45, 2.75) is 32.6 Å². The van der Waals surface area contributed by atoms with Crippen molar-refractivity contribution in [3.8, 4) is 0 Å². The molecule has 0 unspecified atom stereocenters. The van der Waals surface area contributed by atoms with E-state index in [1.54, 1.807) is 24.4 Å². The average molecular weight is 330 g/mol. The number of carbonyl (C=O) groups excluding carboxylic acids is 1. The van der Waals surface area contributed by atoms with Crippen molar-refractivity contribution in [1.82, 2.24) is 15.3 Å². The van der Waals surface area contributed by atoms with E-state index < -0.39 is 0 Å². The number of benzene rings is 1. The summed E-state index contributed by atoms with van der Waals surface area (Å²) in [6.07, 6.45) is 5.47. The van der Waals surface area contributed by atoms with Gasteiger partial charge in [-0.15, -0.1) is 0 Å². The molecule has 2 rings (SSSR count). The summed E-state index contributed by atoms with van der Waals surface area (Å²) in [4.78, 5) is 20.4. The fourth-order valence-electron chi connectivity index (χ4n) is 2.21. The second-order valence-electron chi connectivity index (χ2n) is 5.53. The molecule has 0 aliphatic rings.